The minimum absolute atomic E-state index is 0.346. The number of aliphatic hydroxyl groups is 1. The third-order valence-electron chi connectivity index (χ3n) is 1.95. The van der Waals surface area contributed by atoms with Gasteiger partial charge < -0.3 is 10.4 Å². The van der Waals surface area contributed by atoms with Crippen LogP contribution in [-0.4, -0.2) is 24.3 Å². The molecule has 2 nitrogen and oxygen atoms in total. The smallest absolute Gasteiger partial charge is 0.0626 e. The van der Waals surface area contributed by atoms with Gasteiger partial charge in [-0.3, -0.25) is 0 Å². The van der Waals surface area contributed by atoms with E-state index in [-0.39, 0.29) is 5.60 Å². The summed E-state index contributed by atoms with van der Waals surface area (Å²) in [5.41, 5.74) is -0.346. The van der Waals surface area contributed by atoms with Crippen molar-refractivity contribution in [2.75, 3.05) is 13.6 Å². The van der Waals surface area contributed by atoms with Gasteiger partial charge in [0.2, 0.25) is 0 Å². The lowest BCUT2D eigenvalue weighted by Crippen LogP contribution is -2.44. The van der Waals surface area contributed by atoms with Gasteiger partial charge in [-0.25, -0.2) is 0 Å². The lowest BCUT2D eigenvalue weighted by Gasteiger charge is -2.40. The molecule has 54 valence electrons. The first-order chi connectivity index (χ1) is 4.14. The summed E-state index contributed by atoms with van der Waals surface area (Å²) in [4.78, 5) is 0. The van der Waals surface area contributed by atoms with Crippen LogP contribution >= 0.6 is 0 Å². The van der Waals surface area contributed by atoms with Gasteiger partial charge in [0.15, 0.2) is 0 Å². The van der Waals surface area contributed by atoms with Crippen LogP contribution in [-0.2, 0) is 0 Å². The quantitative estimate of drug-likeness (QED) is 0.564. The van der Waals surface area contributed by atoms with Gasteiger partial charge in [-0.2, -0.15) is 0 Å². The summed E-state index contributed by atoms with van der Waals surface area (Å²) in [6.45, 7) is 2.95. The van der Waals surface area contributed by atoms with Gasteiger partial charge >= 0.3 is 0 Å². The highest BCUT2D eigenvalue weighted by molar-refractivity contribution is 4.90. The van der Waals surface area contributed by atoms with Crippen LogP contribution in [0.2, 0.25) is 0 Å². The average Bonchev–Trinajstić information content (AvgIpc) is 1.62. The summed E-state index contributed by atoms with van der Waals surface area (Å²) in [5.74, 6) is 0.713. The number of rotatable bonds is 2. The van der Waals surface area contributed by atoms with Crippen molar-refractivity contribution in [3.63, 3.8) is 0 Å². The highest BCUT2D eigenvalue weighted by Crippen LogP contribution is 2.36. The molecule has 0 amide bonds. The minimum atomic E-state index is -0.346. The third kappa shape index (κ3) is 1.66. The maximum atomic E-state index is 9.28. The highest BCUT2D eigenvalue weighted by atomic mass is 16.3. The lowest BCUT2D eigenvalue weighted by atomic mass is 9.72. The van der Waals surface area contributed by atoms with E-state index in [1.54, 1.807) is 0 Å². The Kier molecular flexibility index (Phi) is 1.78. The van der Waals surface area contributed by atoms with Gasteiger partial charge in [0, 0.05) is 0 Å². The van der Waals surface area contributed by atoms with E-state index >= 15 is 0 Å². The van der Waals surface area contributed by atoms with Gasteiger partial charge in [0.1, 0.15) is 0 Å². The summed E-state index contributed by atoms with van der Waals surface area (Å²) in [7, 11) is 1.95. The van der Waals surface area contributed by atoms with Crippen LogP contribution in [0.15, 0.2) is 0 Å². The maximum absolute atomic E-state index is 9.28. The topological polar surface area (TPSA) is 32.3 Å². The Bertz CT molecular complexity index is 93.1. The van der Waals surface area contributed by atoms with Gasteiger partial charge in [0.05, 0.1) is 5.60 Å². The SMILES string of the molecule is CNCC1CC(C)(O)C1. The summed E-state index contributed by atoms with van der Waals surface area (Å²) in [6.07, 6.45) is 1.93. The highest BCUT2D eigenvalue weighted by Gasteiger charge is 2.37. The second-order valence-corrected chi connectivity index (χ2v) is 3.33. The molecule has 2 heteroatoms. The minimum Gasteiger partial charge on any atom is -0.390 e. The molecule has 0 heterocycles. The maximum Gasteiger partial charge on any atom is 0.0626 e. The van der Waals surface area contributed by atoms with E-state index in [0.29, 0.717) is 5.92 Å². The van der Waals surface area contributed by atoms with Gasteiger partial charge in [0.25, 0.3) is 0 Å². The molecule has 1 aliphatic rings. The number of hydrogen-bond donors (Lipinski definition) is 2. The normalized spacial score (nSPS) is 42.3. The van der Waals surface area contributed by atoms with E-state index in [9.17, 15) is 5.11 Å². The Balaban J connectivity index is 2.12. The van der Waals surface area contributed by atoms with Crippen molar-refractivity contribution in [3.8, 4) is 0 Å². The van der Waals surface area contributed by atoms with Crippen LogP contribution in [0.5, 0.6) is 0 Å². The molecule has 0 saturated heterocycles. The molecule has 0 radical (unpaired) electrons. The number of hydrogen-bond acceptors (Lipinski definition) is 2. The van der Waals surface area contributed by atoms with Crippen LogP contribution in [0.25, 0.3) is 0 Å². The largest absolute Gasteiger partial charge is 0.390 e. The standard InChI is InChI=1S/C7H15NO/c1-7(9)3-6(4-7)5-8-2/h6,8-9H,3-5H2,1-2H3. The van der Waals surface area contributed by atoms with Crippen LogP contribution in [0, 0.1) is 5.92 Å². The van der Waals surface area contributed by atoms with Crippen LogP contribution < -0.4 is 5.32 Å². The van der Waals surface area contributed by atoms with Crippen LogP contribution in [0.1, 0.15) is 19.8 Å². The Morgan fingerprint density at radius 3 is 2.56 bits per heavy atom. The zero-order valence-corrected chi connectivity index (χ0v) is 6.15. The molecule has 1 rings (SSSR count). The second-order valence-electron chi connectivity index (χ2n) is 3.33. The molecular formula is C7H15NO. The Morgan fingerprint density at radius 2 is 2.22 bits per heavy atom. The van der Waals surface area contributed by atoms with Crippen molar-refractivity contribution in [1.29, 1.82) is 0 Å². The fraction of sp³-hybridized carbons (Fsp3) is 1.00. The van der Waals surface area contributed by atoms with E-state index in [2.05, 4.69) is 5.32 Å². The first-order valence-corrected chi connectivity index (χ1v) is 3.51. The van der Waals surface area contributed by atoms with E-state index in [0.717, 1.165) is 19.4 Å². The summed E-state index contributed by atoms with van der Waals surface area (Å²) >= 11 is 0. The fourth-order valence-electron chi connectivity index (χ4n) is 1.62. The monoisotopic (exact) mass is 129 g/mol. The molecule has 0 aromatic heterocycles. The molecule has 1 saturated carbocycles. The lowest BCUT2D eigenvalue weighted by molar-refractivity contribution is -0.0555. The molecule has 0 aliphatic heterocycles. The Hall–Kier alpha value is -0.0800. The molecule has 0 bridgehead atoms. The van der Waals surface area contributed by atoms with Crippen LogP contribution in [0.4, 0.5) is 0 Å². The van der Waals surface area contributed by atoms with Crippen molar-refractivity contribution >= 4 is 0 Å². The summed E-state index contributed by atoms with van der Waals surface area (Å²) in [6, 6.07) is 0. The van der Waals surface area contributed by atoms with Crippen molar-refractivity contribution < 1.29 is 5.11 Å². The van der Waals surface area contributed by atoms with Gasteiger partial charge in [-0.05, 0) is 39.3 Å². The molecule has 1 aliphatic carbocycles. The predicted octanol–water partition coefficient (Wildman–Crippen LogP) is 0.367. The van der Waals surface area contributed by atoms with Crippen molar-refractivity contribution in [1.82, 2.24) is 5.32 Å². The molecular weight excluding hydrogens is 114 g/mol. The third-order valence-corrected chi connectivity index (χ3v) is 1.95. The summed E-state index contributed by atoms with van der Waals surface area (Å²) < 4.78 is 0. The fourth-order valence-corrected chi connectivity index (χ4v) is 1.62. The molecule has 0 unspecified atom stereocenters. The zero-order valence-electron chi connectivity index (χ0n) is 6.15. The van der Waals surface area contributed by atoms with E-state index in [4.69, 9.17) is 0 Å². The molecule has 0 aromatic rings. The molecule has 1 fully saturated rings. The molecule has 9 heavy (non-hydrogen) atoms. The molecule has 0 aromatic carbocycles. The first-order valence-electron chi connectivity index (χ1n) is 3.51. The van der Waals surface area contributed by atoms with Gasteiger partial charge in [-0.1, -0.05) is 0 Å². The predicted molar refractivity (Wildman–Crippen MR) is 37.3 cm³/mol. The Morgan fingerprint density at radius 1 is 1.67 bits per heavy atom. The van der Waals surface area contributed by atoms with Crippen molar-refractivity contribution in [2.24, 2.45) is 5.92 Å². The van der Waals surface area contributed by atoms with Crippen molar-refractivity contribution in [3.05, 3.63) is 0 Å². The first kappa shape index (κ1) is 7.03. The van der Waals surface area contributed by atoms with E-state index < -0.39 is 0 Å². The second kappa shape index (κ2) is 2.27. The van der Waals surface area contributed by atoms with E-state index in [1.807, 2.05) is 14.0 Å². The summed E-state index contributed by atoms with van der Waals surface area (Å²) in [5, 5.41) is 12.4. The molecule has 0 spiro atoms. The molecule has 2 N–H and O–H groups in total. The van der Waals surface area contributed by atoms with Crippen LogP contribution in [0.3, 0.4) is 0 Å². The zero-order chi connectivity index (χ0) is 6.91. The number of nitrogens with one attached hydrogen (secondary N) is 1. The molecule has 0 atom stereocenters. The van der Waals surface area contributed by atoms with Gasteiger partial charge in [-0.15, -0.1) is 0 Å². The van der Waals surface area contributed by atoms with E-state index in [1.165, 1.54) is 0 Å². The Labute approximate surface area is 56.3 Å². The average molecular weight is 129 g/mol. The van der Waals surface area contributed by atoms with Crippen molar-refractivity contribution in [2.45, 2.75) is 25.4 Å².